The molecule has 4 rings (SSSR count). The fraction of sp³-hybridized carbons (Fsp3) is 0.679. The van der Waals surface area contributed by atoms with Gasteiger partial charge in [0.25, 0.3) is 0 Å². The van der Waals surface area contributed by atoms with Crippen LogP contribution in [0.25, 0.3) is 0 Å². The lowest BCUT2D eigenvalue weighted by Crippen LogP contribution is -2.54. The van der Waals surface area contributed by atoms with E-state index < -0.39 is 5.91 Å². The van der Waals surface area contributed by atoms with Crippen molar-refractivity contribution < 1.29 is 14.4 Å². The summed E-state index contributed by atoms with van der Waals surface area (Å²) in [6, 6.07) is 10.9. The number of nitrogens with one attached hydrogen (secondary N) is 1. The zero-order chi connectivity index (χ0) is 25.1. The van der Waals surface area contributed by atoms with E-state index in [4.69, 9.17) is 5.73 Å². The number of carbonyl (C=O) groups excluding carboxylic acids is 3. The summed E-state index contributed by atoms with van der Waals surface area (Å²) < 4.78 is 0. The van der Waals surface area contributed by atoms with Gasteiger partial charge in [-0.15, -0.1) is 0 Å². The van der Waals surface area contributed by atoms with Crippen LogP contribution in [0.4, 0.5) is 4.79 Å². The number of amides is 4. The number of primary amides is 1. The minimum Gasteiger partial charge on any atom is -0.368 e. The molecule has 0 bridgehead atoms. The molecule has 192 valence electrons. The molecule has 3 aliphatic rings. The molecule has 1 saturated heterocycles. The Labute approximate surface area is 209 Å². The maximum absolute atomic E-state index is 13.6. The van der Waals surface area contributed by atoms with Crippen LogP contribution in [0.15, 0.2) is 30.3 Å². The SMILES string of the molecule is CCC(C)CC1(c2ccccc2)CCC2(CC1)CN(CC(=O)NCC(N)=O)C(=O)N2CC1CCC1. The average Bonchev–Trinajstić information content (AvgIpc) is 3.07. The van der Waals surface area contributed by atoms with Crippen molar-refractivity contribution in [1.82, 2.24) is 15.1 Å². The largest absolute Gasteiger partial charge is 0.368 e. The van der Waals surface area contributed by atoms with Crippen molar-refractivity contribution in [2.45, 2.75) is 82.6 Å². The minimum atomic E-state index is -0.583. The number of hydrogen-bond acceptors (Lipinski definition) is 3. The number of carbonyl (C=O) groups is 3. The first kappa shape index (κ1) is 25.5. The van der Waals surface area contributed by atoms with Crippen LogP contribution in [-0.4, -0.2) is 59.4 Å². The fourth-order valence-electron chi connectivity index (χ4n) is 6.46. The predicted octanol–water partition coefficient (Wildman–Crippen LogP) is 3.81. The number of nitrogens with two attached hydrogens (primary N) is 1. The second-order valence-corrected chi connectivity index (χ2v) is 11.4. The molecule has 3 N–H and O–H groups in total. The first-order valence-electron chi connectivity index (χ1n) is 13.4. The highest BCUT2D eigenvalue weighted by Crippen LogP contribution is 2.51. The standard InChI is InChI=1S/C28H42N4O3/c1-3-21(2)16-27(23-10-5-4-6-11-23)12-14-28(15-13-27)20-31(19-25(34)30-17-24(29)33)26(35)32(28)18-22-8-7-9-22/h4-6,10-11,21-22H,3,7-9,12-20H2,1-2H3,(H2,29,33)(H,30,34). The maximum Gasteiger partial charge on any atom is 0.321 e. The van der Waals surface area contributed by atoms with Crippen molar-refractivity contribution in [1.29, 1.82) is 0 Å². The first-order chi connectivity index (χ1) is 16.8. The molecule has 0 radical (unpaired) electrons. The van der Waals surface area contributed by atoms with Crippen molar-refractivity contribution in [3.05, 3.63) is 35.9 Å². The third-order valence-electron chi connectivity index (χ3n) is 8.98. The Morgan fingerprint density at radius 1 is 1.14 bits per heavy atom. The minimum absolute atomic E-state index is 0.0221. The third-order valence-corrected chi connectivity index (χ3v) is 8.98. The number of rotatable bonds is 10. The van der Waals surface area contributed by atoms with Crippen LogP contribution in [0.1, 0.15) is 77.2 Å². The van der Waals surface area contributed by atoms with Crippen LogP contribution >= 0.6 is 0 Å². The van der Waals surface area contributed by atoms with E-state index in [9.17, 15) is 14.4 Å². The highest BCUT2D eigenvalue weighted by atomic mass is 16.2. The van der Waals surface area contributed by atoms with Gasteiger partial charge in [0, 0.05) is 13.1 Å². The van der Waals surface area contributed by atoms with Gasteiger partial charge in [-0.3, -0.25) is 9.59 Å². The van der Waals surface area contributed by atoms with E-state index in [0.717, 1.165) is 32.2 Å². The molecular formula is C28H42N4O3. The lowest BCUT2D eigenvalue weighted by Gasteiger charge is -2.50. The summed E-state index contributed by atoms with van der Waals surface area (Å²) in [5.41, 5.74) is 6.51. The predicted molar refractivity (Wildman–Crippen MR) is 137 cm³/mol. The maximum atomic E-state index is 13.6. The van der Waals surface area contributed by atoms with E-state index in [0.29, 0.717) is 18.4 Å². The van der Waals surface area contributed by atoms with Gasteiger partial charge >= 0.3 is 6.03 Å². The smallest absolute Gasteiger partial charge is 0.321 e. The van der Waals surface area contributed by atoms with Gasteiger partial charge in [0.05, 0.1) is 12.1 Å². The molecule has 1 heterocycles. The van der Waals surface area contributed by atoms with Crippen molar-refractivity contribution in [2.24, 2.45) is 17.6 Å². The summed E-state index contributed by atoms with van der Waals surface area (Å²) >= 11 is 0. The van der Waals surface area contributed by atoms with E-state index in [1.165, 1.54) is 37.7 Å². The van der Waals surface area contributed by atoms with Gasteiger partial charge in [0.15, 0.2) is 0 Å². The molecule has 0 aromatic heterocycles. The van der Waals surface area contributed by atoms with E-state index in [-0.39, 0.29) is 36.0 Å². The van der Waals surface area contributed by atoms with Gasteiger partial charge in [-0.1, -0.05) is 57.0 Å². The topological polar surface area (TPSA) is 95.7 Å². The van der Waals surface area contributed by atoms with Crippen LogP contribution in [-0.2, 0) is 15.0 Å². The summed E-state index contributed by atoms with van der Waals surface area (Å²) in [5.74, 6) is 0.301. The van der Waals surface area contributed by atoms with Gasteiger partial charge in [-0.25, -0.2) is 4.79 Å². The van der Waals surface area contributed by atoms with Crippen molar-refractivity contribution in [2.75, 3.05) is 26.2 Å². The van der Waals surface area contributed by atoms with Gasteiger partial charge in [-0.2, -0.15) is 0 Å². The normalized spacial score (nSPS) is 27.7. The Hall–Kier alpha value is -2.57. The summed E-state index contributed by atoms with van der Waals surface area (Å²) in [4.78, 5) is 40.9. The molecule has 1 unspecified atom stereocenters. The second-order valence-electron chi connectivity index (χ2n) is 11.4. The Bertz CT molecular complexity index is 906. The number of benzene rings is 1. The summed E-state index contributed by atoms with van der Waals surface area (Å²) in [6.45, 7) is 5.77. The van der Waals surface area contributed by atoms with E-state index in [1.807, 2.05) is 0 Å². The summed E-state index contributed by atoms with van der Waals surface area (Å²) in [5, 5.41) is 2.54. The lowest BCUT2D eigenvalue weighted by atomic mass is 9.60. The Kier molecular flexibility index (Phi) is 7.72. The van der Waals surface area contributed by atoms with Crippen LogP contribution < -0.4 is 11.1 Å². The van der Waals surface area contributed by atoms with E-state index in [2.05, 4.69) is 54.4 Å². The Morgan fingerprint density at radius 2 is 1.83 bits per heavy atom. The molecule has 1 aromatic rings. The quantitative estimate of drug-likeness (QED) is 0.531. The van der Waals surface area contributed by atoms with Crippen LogP contribution in [0.3, 0.4) is 0 Å². The molecule has 1 aliphatic heterocycles. The van der Waals surface area contributed by atoms with Gasteiger partial charge in [0.1, 0.15) is 6.54 Å². The highest BCUT2D eigenvalue weighted by molar-refractivity contribution is 5.88. The fourth-order valence-corrected chi connectivity index (χ4v) is 6.46. The Balaban J connectivity index is 1.54. The zero-order valence-electron chi connectivity index (χ0n) is 21.4. The van der Waals surface area contributed by atoms with Crippen molar-refractivity contribution >= 4 is 17.8 Å². The molecular weight excluding hydrogens is 440 g/mol. The zero-order valence-corrected chi connectivity index (χ0v) is 21.4. The second kappa shape index (κ2) is 10.6. The number of nitrogens with zero attached hydrogens (tertiary/aromatic N) is 2. The van der Waals surface area contributed by atoms with Gasteiger partial charge < -0.3 is 20.9 Å². The first-order valence-corrected chi connectivity index (χ1v) is 13.4. The van der Waals surface area contributed by atoms with Crippen LogP contribution in [0.5, 0.6) is 0 Å². The molecule has 1 atom stereocenters. The summed E-state index contributed by atoms with van der Waals surface area (Å²) in [7, 11) is 0. The molecule has 2 aliphatic carbocycles. The molecule has 35 heavy (non-hydrogen) atoms. The monoisotopic (exact) mass is 482 g/mol. The Morgan fingerprint density at radius 3 is 2.40 bits per heavy atom. The number of hydrogen-bond donors (Lipinski definition) is 2. The van der Waals surface area contributed by atoms with Crippen molar-refractivity contribution in [3.63, 3.8) is 0 Å². The lowest BCUT2D eigenvalue weighted by molar-refractivity contribution is -0.125. The average molecular weight is 483 g/mol. The van der Waals surface area contributed by atoms with E-state index in [1.54, 1.807) is 4.90 Å². The molecule has 7 nitrogen and oxygen atoms in total. The third kappa shape index (κ3) is 5.49. The molecule has 7 heteroatoms. The number of urea groups is 1. The molecule has 1 spiro atoms. The molecule has 2 saturated carbocycles. The van der Waals surface area contributed by atoms with Crippen LogP contribution in [0.2, 0.25) is 0 Å². The highest BCUT2D eigenvalue weighted by Gasteiger charge is 2.54. The van der Waals surface area contributed by atoms with Gasteiger partial charge in [-0.05, 0) is 67.8 Å². The van der Waals surface area contributed by atoms with E-state index >= 15 is 0 Å². The van der Waals surface area contributed by atoms with Crippen molar-refractivity contribution in [3.8, 4) is 0 Å². The summed E-state index contributed by atoms with van der Waals surface area (Å²) in [6.07, 6.45) is 9.95. The van der Waals surface area contributed by atoms with Gasteiger partial charge in [0.2, 0.25) is 11.8 Å². The molecule has 1 aromatic carbocycles. The van der Waals surface area contributed by atoms with Crippen LogP contribution in [0, 0.1) is 11.8 Å². The molecule has 4 amide bonds. The molecule has 3 fully saturated rings.